The zero-order valence-corrected chi connectivity index (χ0v) is 7.58. The molecule has 0 bridgehead atoms. The molecule has 1 aliphatic heterocycles. The molecule has 2 N–H and O–H groups in total. The van der Waals surface area contributed by atoms with Gasteiger partial charge in [0.25, 0.3) is 0 Å². The van der Waals surface area contributed by atoms with Crippen LogP contribution in [0.25, 0.3) is 0 Å². The number of nitrogens with two attached hydrogens (primary N) is 1. The second-order valence-corrected chi connectivity index (χ2v) is 3.31. The van der Waals surface area contributed by atoms with Gasteiger partial charge in [0, 0.05) is 13.1 Å². The van der Waals surface area contributed by atoms with Gasteiger partial charge in [-0.05, 0) is 26.6 Å². The van der Waals surface area contributed by atoms with Gasteiger partial charge in [-0.15, -0.1) is 0 Å². The minimum absolute atomic E-state index is 0.243. The highest BCUT2D eigenvalue weighted by Crippen LogP contribution is 2.03. The average Bonchev–Trinajstić information content (AvgIpc) is 2.11. The summed E-state index contributed by atoms with van der Waals surface area (Å²) in [5.74, 6) is 0. The molecule has 0 radical (unpaired) electrons. The van der Waals surface area contributed by atoms with Crippen molar-refractivity contribution in [3.63, 3.8) is 0 Å². The van der Waals surface area contributed by atoms with Crippen molar-refractivity contribution in [1.82, 2.24) is 9.80 Å². The van der Waals surface area contributed by atoms with E-state index in [2.05, 4.69) is 23.8 Å². The van der Waals surface area contributed by atoms with E-state index in [1.165, 1.54) is 13.0 Å². The molecule has 66 valence electrons. The Morgan fingerprint density at radius 1 is 1.45 bits per heavy atom. The predicted octanol–water partition coefficient (Wildman–Crippen LogP) is -0.0714. The van der Waals surface area contributed by atoms with Gasteiger partial charge in [0.05, 0.1) is 6.17 Å². The maximum Gasteiger partial charge on any atom is 0.0702 e. The molecular formula is C8H19N3. The maximum absolute atomic E-state index is 5.96. The summed E-state index contributed by atoms with van der Waals surface area (Å²) in [5, 5.41) is 0. The van der Waals surface area contributed by atoms with Crippen LogP contribution in [0.4, 0.5) is 0 Å². The number of likely N-dealkylation sites (N-methyl/N-ethyl adjacent to an activating group) is 2. The van der Waals surface area contributed by atoms with Crippen LogP contribution in [0.15, 0.2) is 0 Å². The molecule has 0 saturated carbocycles. The molecule has 1 atom stereocenters. The molecule has 0 spiro atoms. The zero-order chi connectivity index (χ0) is 8.27. The maximum atomic E-state index is 5.96. The van der Waals surface area contributed by atoms with Crippen molar-refractivity contribution < 1.29 is 0 Å². The fourth-order valence-corrected chi connectivity index (χ4v) is 1.63. The smallest absolute Gasteiger partial charge is 0.0702 e. The van der Waals surface area contributed by atoms with Crippen LogP contribution in [0.2, 0.25) is 0 Å². The second kappa shape index (κ2) is 4.04. The molecule has 0 aromatic carbocycles. The van der Waals surface area contributed by atoms with E-state index >= 15 is 0 Å². The Bertz CT molecular complexity index is 116. The van der Waals surface area contributed by atoms with Crippen LogP contribution in [-0.4, -0.2) is 49.2 Å². The Hall–Kier alpha value is -0.120. The van der Waals surface area contributed by atoms with Crippen LogP contribution in [0.1, 0.15) is 13.3 Å². The van der Waals surface area contributed by atoms with Crippen LogP contribution >= 0.6 is 0 Å². The first-order valence-corrected chi connectivity index (χ1v) is 4.42. The molecule has 1 aliphatic rings. The van der Waals surface area contributed by atoms with E-state index < -0.39 is 0 Å². The molecular weight excluding hydrogens is 138 g/mol. The highest BCUT2D eigenvalue weighted by molar-refractivity contribution is 4.72. The van der Waals surface area contributed by atoms with Gasteiger partial charge >= 0.3 is 0 Å². The van der Waals surface area contributed by atoms with Gasteiger partial charge in [-0.1, -0.05) is 6.92 Å². The van der Waals surface area contributed by atoms with Gasteiger partial charge in [-0.3, -0.25) is 4.90 Å². The molecule has 1 heterocycles. The summed E-state index contributed by atoms with van der Waals surface area (Å²) in [6.45, 7) is 6.60. The third kappa shape index (κ3) is 2.43. The summed E-state index contributed by atoms with van der Waals surface area (Å²) in [6, 6.07) is 0. The average molecular weight is 157 g/mol. The highest BCUT2D eigenvalue weighted by Gasteiger charge is 2.17. The van der Waals surface area contributed by atoms with Crippen LogP contribution in [0, 0.1) is 0 Å². The Kier molecular flexibility index (Phi) is 3.30. The van der Waals surface area contributed by atoms with Crippen LogP contribution in [0.3, 0.4) is 0 Å². The van der Waals surface area contributed by atoms with Crippen molar-refractivity contribution in [3.05, 3.63) is 0 Å². The van der Waals surface area contributed by atoms with E-state index in [4.69, 9.17) is 5.73 Å². The first-order chi connectivity index (χ1) is 5.24. The van der Waals surface area contributed by atoms with Crippen molar-refractivity contribution >= 4 is 0 Å². The van der Waals surface area contributed by atoms with Gasteiger partial charge in [-0.2, -0.15) is 0 Å². The Morgan fingerprint density at radius 3 is 2.82 bits per heavy atom. The molecule has 0 aliphatic carbocycles. The number of rotatable bonds is 1. The number of hydrogen-bond acceptors (Lipinski definition) is 3. The molecule has 3 heteroatoms. The summed E-state index contributed by atoms with van der Waals surface area (Å²) in [5.41, 5.74) is 5.96. The van der Waals surface area contributed by atoms with E-state index in [1.807, 2.05) is 0 Å². The van der Waals surface area contributed by atoms with E-state index in [9.17, 15) is 0 Å². The van der Waals surface area contributed by atoms with Gasteiger partial charge in [0.1, 0.15) is 0 Å². The Labute approximate surface area is 69.1 Å². The molecule has 0 aromatic heterocycles. The van der Waals surface area contributed by atoms with Crippen molar-refractivity contribution in [1.29, 1.82) is 0 Å². The third-order valence-electron chi connectivity index (χ3n) is 2.36. The normalized spacial score (nSPS) is 30.3. The van der Waals surface area contributed by atoms with Crippen molar-refractivity contribution in [2.75, 3.05) is 33.2 Å². The zero-order valence-electron chi connectivity index (χ0n) is 7.58. The lowest BCUT2D eigenvalue weighted by atomic mass is 10.4. The van der Waals surface area contributed by atoms with E-state index in [0.717, 1.165) is 19.6 Å². The van der Waals surface area contributed by atoms with E-state index in [0.29, 0.717) is 0 Å². The second-order valence-electron chi connectivity index (χ2n) is 3.31. The minimum Gasteiger partial charge on any atom is -0.315 e. The molecule has 1 rings (SSSR count). The largest absolute Gasteiger partial charge is 0.315 e. The molecule has 1 saturated heterocycles. The van der Waals surface area contributed by atoms with Crippen molar-refractivity contribution in [3.8, 4) is 0 Å². The van der Waals surface area contributed by atoms with Crippen LogP contribution in [-0.2, 0) is 0 Å². The van der Waals surface area contributed by atoms with Gasteiger partial charge in [0.2, 0.25) is 0 Å². The highest BCUT2D eigenvalue weighted by atomic mass is 15.3. The lowest BCUT2D eigenvalue weighted by Crippen LogP contribution is -2.46. The third-order valence-corrected chi connectivity index (χ3v) is 2.36. The Morgan fingerprint density at radius 2 is 2.18 bits per heavy atom. The summed E-state index contributed by atoms with van der Waals surface area (Å²) in [6.07, 6.45) is 1.49. The lowest BCUT2D eigenvalue weighted by molar-refractivity contribution is 0.202. The molecule has 0 amide bonds. The fourth-order valence-electron chi connectivity index (χ4n) is 1.63. The molecule has 0 aromatic rings. The molecule has 3 nitrogen and oxygen atoms in total. The summed E-state index contributed by atoms with van der Waals surface area (Å²) in [4.78, 5) is 4.64. The van der Waals surface area contributed by atoms with Gasteiger partial charge in [-0.25, -0.2) is 0 Å². The SMILES string of the molecule is CCN1CCCN(C)CC1N. The van der Waals surface area contributed by atoms with Gasteiger partial charge in [0.15, 0.2) is 0 Å². The number of nitrogens with zero attached hydrogens (tertiary/aromatic N) is 2. The number of hydrogen-bond donors (Lipinski definition) is 1. The van der Waals surface area contributed by atoms with Crippen molar-refractivity contribution in [2.24, 2.45) is 5.73 Å². The summed E-state index contributed by atoms with van der Waals surface area (Å²) in [7, 11) is 2.14. The first-order valence-electron chi connectivity index (χ1n) is 4.42. The quantitative estimate of drug-likeness (QED) is 0.578. The predicted molar refractivity (Wildman–Crippen MR) is 47.3 cm³/mol. The summed E-state index contributed by atoms with van der Waals surface area (Å²) < 4.78 is 0. The van der Waals surface area contributed by atoms with Gasteiger partial charge < -0.3 is 10.6 Å². The first kappa shape index (κ1) is 8.97. The fraction of sp³-hybridized carbons (Fsp3) is 1.00. The standard InChI is InChI=1S/C8H19N3/c1-3-11-6-4-5-10(2)7-8(11)9/h8H,3-7,9H2,1-2H3. The van der Waals surface area contributed by atoms with Crippen molar-refractivity contribution in [2.45, 2.75) is 19.5 Å². The molecule has 1 fully saturated rings. The topological polar surface area (TPSA) is 32.5 Å². The Balaban J connectivity index is 2.43. The summed E-state index contributed by atoms with van der Waals surface area (Å²) >= 11 is 0. The van der Waals surface area contributed by atoms with E-state index in [-0.39, 0.29) is 6.17 Å². The monoisotopic (exact) mass is 157 g/mol. The lowest BCUT2D eigenvalue weighted by Gasteiger charge is -2.25. The molecule has 11 heavy (non-hydrogen) atoms. The van der Waals surface area contributed by atoms with E-state index in [1.54, 1.807) is 0 Å². The van der Waals surface area contributed by atoms with Crippen LogP contribution in [0.5, 0.6) is 0 Å². The van der Waals surface area contributed by atoms with Crippen LogP contribution < -0.4 is 5.73 Å². The minimum atomic E-state index is 0.243. The molecule has 1 unspecified atom stereocenters.